The fourth-order valence-electron chi connectivity index (χ4n) is 2.76. The summed E-state index contributed by atoms with van der Waals surface area (Å²) in [7, 11) is 0. The highest BCUT2D eigenvalue weighted by molar-refractivity contribution is 5.87. The fourth-order valence-corrected chi connectivity index (χ4v) is 2.76. The molecule has 0 spiro atoms. The molecule has 114 valence electrons. The molecular weight excluding hydrogens is 268 g/mol. The molecule has 0 bridgehead atoms. The Bertz CT molecular complexity index is 499. The molecule has 0 aliphatic heterocycles. The van der Waals surface area contributed by atoms with Crippen molar-refractivity contribution >= 4 is 12.0 Å². The van der Waals surface area contributed by atoms with E-state index in [-0.39, 0.29) is 11.6 Å². The van der Waals surface area contributed by atoms with Crippen molar-refractivity contribution in [2.75, 3.05) is 6.54 Å². The molecule has 0 heterocycles. The summed E-state index contributed by atoms with van der Waals surface area (Å²) in [6.07, 6.45) is 3.70. The van der Waals surface area contributed by atoms with E-state index in [2.05, 4.69) is 17.6 Å². The molecule has 2 atom stereocenters. The van der Waals surface area contributed by atoms with Crippen molar-refractivity contribution in [3.05, 3.63) is 35.4 Å². The molecule has 5 nitrogen and oxygen atoms in total. The predicted octanol–water partition coefficient (Wildman–Crippen LogP) is 2.62. The predicted molar refractivity (Wildman–Crippen MR) is 80.1 cm³/mol. The molecule has 5 heteroatoms. The van der Waals surface area contributed by atoms with Crippen molar-refractivity contribution in [1.29, 1.82) is 0 Å². The number of hydrogen-bond donors (Lipinski definition) is 3. The molecule has 2 amide bonds. The number of benzene rings is 1. The van der Waals surface area contributed by atoms with Gasteiger partial charge in [0.1, 0.15) is 0 Å². The molecule has 1 aliphatic rings. The van der Waals surface area contributed by atoms with E-state index in [1.54, 1.807) is 12.1 Å². The second-order valence-electron chi connectivity index (χ2n) is 5.73. The monoisotopic (exact) mass is 290 g/mol. The number of carboxylic acid groups (broad SMARTS) is 1. The van der Waals surface area contributed by atoms with Crippen molar-refractivity contribution < 1.29 is 14.7 Å². The Balaban J connectivity index is 1.72. The van der Waals surface area contributed by atoms with Gasteiger partial charge >= 0.3 is 12.0 Å². The molecule has 1 aromatic carbocycles. The van der Waals surface area contributed by atoms with Crippen molar-refractivity contribution in [2.24, 2.45) is 11.8 Å². The van der Waals surface area contributed by atoms with Gasteiger partial charge in [0.25, 0.3) is 0 Å². The summed E-state index contributed by atoms with van der Waals surface area (Å²) in [4.78, 5) is 22.5. The molecule has 1 fully saturated rings. The van der Waals surface area contributed by atoms with Crippen LogP contribution >= 0.6 is 0 Å². The van der Waals surface area contributed by atoms with E-state index >= 15 is 0 Å². The third-order valence-corrected chi connectivity index (χ3v) is 4.22. The summed E-state index contributed by atoms with van der Waals surface area (Å²) in [5.41, 5.74) is 1.13. The number of amides is 2. The van der Waals surface area contributed by atoms with E-state index in [0.29, 0.717) is 18.4 Å². The topological polar surface area (TPSA) is 78.4 Å². The van der Waals surface area contributed by atoms with Gasteiger partial charge in [0.2, 0.25) is 0 Å². The van der Waals surface area contributed by atoms with E-state index in [9.17, 15) is 9.59 Å². The number of carbonyl (C=O) groups is 2. The number of hydrogen-bond acceptors (Lipinski definition) is 2. The molecule has 1 aromatic rings. The summed E-state index contributed by atoms with van der Waals surface area (Å²) in [5.74, 6) is 0.331. The summed E-state index contributed by atoms with van der Waals surface area (Å²) in [6.45, 7) is 3.36. The third-order valence-electron chi connectivity index (χ3n) is 4.22. The quantitative estimate of drug-likeness (QED) is 0.780. The zero-order valence-corrected chi connectivity index (χ0v) is 12.3. The summed E-state index contributed by atoms with van der Waals surface area (Å²) in [5, 5.41) is 14.5. The van der Waals surface area contributed by atoms with E-state index in [4.69, 9.17) is 5.11 Å². The van der Waals surface area contributed by atoms with Crippen molar-refractivity contribution in [3.8, 4) is 0 Å². The number of rotatable bonds is 5. The van der Waals surface area contributed by atoms with Gasteiger partial charge in [0.15, 0.2) is 0 Å². The lowest BCUT2D eigenvalue weighted by atomic mass is 9.98. The van der Waals surface area contributed by atoms with E-state index in [1.165, 1.54) is 31.4 Å². The second-order valence-corrected chi connectivity index (χ2v) is 5.73. The SMILES string of the molecule is CC1CCCC1CNC(=O)NCc1ccc(C(=O)O)cc1. The molecule has 1 aliphatic carbocycles. The minimum atomic E-state index is -0.946. The first-order valence-corrected chi connectivity index (χ1v) is 7.40. The Morgan fingerprint density at radius 3 is 2.48 bits per heavy atom. The number of nitrogens with one attached hydrogen (secondary N) is 2. The van der Waals surface area contributed by atoms with Gasteiger partial charge in [0, 0.05) is 13.1 Å². The van der Waals surface area contributed by atoms with Gasteiger partial charge in [-0.15, -0.1) is 0 Å². The maximum atomic E-state index is 11.7. The largest absolute Gasteiger partial charge is 0.478 e. The minimum Gasteiger partial charge on any atom is -0.478 e. The normalized spacial score (nSPS) is 21.0. The number of carbonyl (C=O) groups excluding carboxylic acids is 1. The minimum absolute atomic E-state index is 0.170. The average molecular weight is 290 g/mol. The lowest BCUT2D eigenvalue weighted by Crippen LogP contribution is -2.38. The number of urea groups is 1. The summed E-state index contributed by atoms with van der Waals surface area (Å²) < 4.78 is 0. The first-order valence-electron chi connectivity index (χ1n) is 7.40. The first kappa shape index (κ1) is 15.4. The number of carboxylic acids is 1. The zero-order valence-electron chi connectivity index (χ0n) is 12.3. The van der Waals surface area contributed by atoms with Gasteiger partial charge in [-0.2, -0.15) is 0 Å². The molecule has 21 heavy (non-hydrogen) atoms. The van der Waals surface area contributed by atoms with Crippen LogP contribution in [-0.4, -0.2) is 23.7 Å². The Morgan fingerprint density at radius 2 is 1.90 bits per heavy atom. The van der Waals surface area contributed by atoms with Crippen molar-refractivity contribution in [1.82, 2.24) is 10.6 Å². The molecule has 0 aromatic heterocycles. The Morgan fingerprint density at radius 1 is 1.19 bits per heavy atom. The lowest BCUT2D eigenvalue weighted by Gasteiger charge is -2.16. The highest BCUT2D eigenvalue weighted by atomic mass is 16.4. The highest BCUT2D eigenvalue weighted by Gasteiger charge is 2.23. The highest BCUT2D eigenvalue weighted by Crippen LogP contribution is 2.30. The average Bonchev–Trinajstić information content (AvgIpc) is 2.88. The van der Waals surface area contributed by atoms with Crippen LogP contribution in [0.3, 0.4) is 0 Å². The van der Waals surface area contributed by atoms with E-state index < -0.39 is 5.97 Å². The van der Waals surface area contributed by atoms with E-state index in [0.717, 1.165) is 12.1 Å². The van der Waals surface area contributed by atoms with Crippen LogP contribution in [0.1, 0.15) is 42.1 Å². The van der Waals surface area contributed by atoms with Gasteiger partial charge in [-0.1, -0.05) is 31.9 Å². The fraction of sp³-hybridized carbons (Fsp3) is 0.500. The van der Waals surface area contributed by atoms with Crippen molar-refractivity contribution in [2.45, 2.75) is 32.7 Å². The lowest BCUT2D eigenvalue weighted by molar-refractivity contribution is 0.0697. The van der Waals surface area contributed by atoms with Gasteiger partial charge in [-0.05, 0) is 36.0 Å². The van der Waals surface area contributed by atoms with Crippen LogP contribution in [0.4, 0.5) is 4.79 Å². The van der Waals surface area contributed by atoms with Gasteiger partial charge in [0.05, 0.1) is 5.56 Å². The van der Waals surface area contributed by atoms with Crippen LogP contribution < -0.4 is 10.6 Å². The molecule has 0 radical (unpaired) electrons. The first-order chi connectivity index (χ1) is 10.1. The van der Waals surface area contributed by atoms with Crippen LogP contribution in [-0.2, 0) is 6.54 Å². The maximum absolute atomic E-state index is 11.7. The molecule has 2 unspecified atom stereocenters. The zero-order chi connectivity index (χ0) is 15.2. The van der Waals surface area contributed by atoms with Gasteiger partial charge in [-0.25, -0.2) is 9.59 Å². The van der Waals surface area contributed by atoms with Crippen LogP contribution in [0.2, 0.25) is 0 Å². The second kappa shape index (κ2) is 7.11. The van der Waals surface area contributed by atoms with Gasteiger partial charge < -0.3 is 15.7 Å². The van der Waals surface area contributed by atoms with Gasteiger partial charge in [-0.3, -0.25) is 0 Å². The van der Waals surface area contributed by atoms with Crippen LogP contribution in [0, 0.1) is 11.8 Å². The molecular formula is C16H22N2O3. The summed E-state index contributed by atoms with van der Waals surface area (Å²) in [6, 6.07) is 6.33. The standard InChI is InChI=1S/C16H22N2O3/c1-11-3-2-4-14(11)10-18-16(21)17-9-12-5-7-13(8-6-12)15(19)20/h5-8,11,14H,2-4,9-10H2,1H3,(H,19,20)(H2,17,18,21). The Labute approximate surface area is 124 Å². The van der Waals surface area contributed by atoms with Crippen LogP contribution in [0.25, 0.3) is 0 Å². The molecule has 2 rings (SSSR count). The smallest absolute Gasteiger partial charge is 0.335 e. The molecule has 0 saturated heterocycles. The Kier molecular flexibility index (Phi) is 5.20. The summed E-state index contributed by atoms with van der Waals surface area (Å²) >= 11 is 0. The third kappa shape index (κ3) is 4.48. The maximum Gasteiger partial charge on any atom is 0.335 e. The van der Waals surface area contributed by atoms with E-state index in [1.807, 2.05) is 0 Å². The molecule has 3 N–H and O–H groups in total. The van der Waals surface area contributed by atoms with Crippen LogP contribution in [0.15, 0.2) is 24.3 Å². The Hall–Kier alpha value is -2.04. The van der Waals surface area contributed by atoms with Crippen LogP contribution in [0.5, 0.6) is 0 Å². The molecule has 1 saturated carbocycles. The van der Waals surface area contributed by atoms with Crippen molar-refractivity contribution in [3.63, 3.8) is 0 Å². The number of aromatic carboxylic acids is 1.